The molecular formula is C16H15FN6O4. The molecule has 0 aliphatic carbocycles. The molecule has 11 heteroatoms. The number of carbonyl (C=O) groups excluding carboxylic acids is 1. The number of nitrogens with zero attached hydrogens (tertiary/aromatic N) is 4. The Balaban J connectivity index is 1.57. The van der Waals surface area contributed by atoms with E-state index in [1.54, 1.807) is 0 Å². The maximum atomic E-state index is 13.0. The van der Waals surface area contributed by atoms with E-state index in [0.29, 0.717) is 16.9 Å². The molecule has 4 rings (SSSR count). The zero-order chi connectivity index (χ0) is 19.1. The first-order valence-corrected chi connectivity index (χ1v) is 7.97. The number of aliphatic hydroxyl groups is 2. The van der Waals surface area contributed by atoms with Crippen LogP contribution in [0.15, 0.2) is 36.9 Å². The molecule has 0 unspecified atom stereocenters. The molecule has 10 nitrogen and oxygen atoms in total. The Morgan fingerprint density at radius 2 is 1.93 bits per heavy atom. The smallest absolute Gasteiger partial charge is 0.256 e. The summed E-state index contributed by atoms with van der Waals surface area (Å²) in [4.78, 5) is 24.4. The van der Waals surface area contributed by atoms with Gasteiger partial charge in [0.05, 0.1) is 6.33 Å². The number of benzene rings is 1. The van der Waals surface area contributed by atoms with Crippen LogP contribution < -0.4 is 11.1 Å². The van der Waals surface area contributed by atoms with Gasteiger partial charge in [0.2, 0.25) is 0 Å². The molecule has 2 aromatic heterocycles. The molecule has 1 fully saturated rings. The number of nitrogens with one attached hydrogen (secondary N) is 1. The summed E-state index contributed by atoms with van der Waals surface area (Å²) in [5.74, 6) is -0.986. The standard InChI is InChI=1S/C16H15FN6O4/c17-7-1-3-8(4-2-7)22-15(26)12-10(24)11(25)16(27-12)23-6-21-9-13(18)19-5-20-14(9)23/h1-6,10-12,16,24-25H,(H,22,26)(H2,18,19,20)/t10-,11+,12-,16+/m0/s1. The number of hydrogen-bond acceptors (Lipinski definition) is 8. The van der Waals surface area contributed by atoms with Gasteiger partial charge >= 0.3 is 0 Å². The number of nitrogens with two attached hydrogens (primary N) is 1. The van der Waals surface area contributed by atoms with Crippen molar-refractivity contribution in [2.24, 2.45) is 0 Å². The van der Waals surface area contributed by atoms with Gasteiger partial charge in [-0.2, -0.15) is 0 Å². The summed E-state index contributed by atoms with van der Waals surface area (Å²) in [6.45, 7) is 0. The maximum Gasteiger partial charge on any atom is 0.256 e. The van der Waals surface area contributed by atoms with Crippen LogP contribution in [0.5, 0.6) is 0 Å². The van der Waals surface area contributed by atoms with Crippen molar-refractivity contribution in [3.8, 4) is 0 Å². The van der Waals surface area contributed by atoms with E-state index in [0.717, 1.165) is 0 Å². The summed E-state index contributed by atoms with van der Waals surface area (Å²) in [6.07, 6.45) is -2.81. The quantitative estimate of drug-likeness (QED) is 0.493. The third kappa shape index (κ3) is 2.97. The van der Waals surface area contributed by atoms with Crippen molar-refractivity contribution in [1.29, 1.82) is 0 Å². The first-order valence-electron chi connectivity index (χ1n) is 7.97. The van der Waals surface area contributed by atoms with Crippen LogP contribution in [0.3, 0.4) is 0 Å². The lowest BCUT2D eigenvalue weighted by Gasteiger charge is -2.16. The van der Waals surface area contributed by atoms with E-state index >= 15 is 0 Å². The number of nitrogen functional groups attached to an aromatic ring is 1. The van der Waals surface area contributed by atoms with E-state index in [1.807, 2.05) is 0 Å². The molecule has 0 radical (unpaired) electrons. The molecule has 1 aromatic carbocycles. The van der Waals surface area contributed by atoms with Crippen LogP contribution in [0.1, 0.15) is 6.23 Å². The van der Waals surface area contributed by atoms with Crippen molar-refractivity contribution in [2.75, 3.05) is 11.1 Å². The first-order chi connectivity index (χ1) is 13.0. The number of amides is 1. The SMILES string of the molecule is Nc1ncnc2c1ncn2[C@@H]1O[C@H](C(=O)Nc2ccc(F)cc2)[C@@H](O)[C@H]1O. The van der Waals surface area contributed by atoms with Crippen molar-refractivity contribution >= 4 is 28.6 Å². The second-order valence-electron chi connectivity index (χ2n) is 6.01. The maximum absolute atomic E-state index is 13.0. The van der Waals surface area contributed by atoms with Crippen LogP contribution in [0.2, 0.25) is 0 Å². The van der Waals surface area contributed by atoms with Gasteiger partial charge in [-0.15, -0.1) is 0 Å². The lowest BCUT2D eigenvalue weighted by Crippen LogP contribution is -2.39. The zero-order valence-electron chi connectivity index (χ0n) is 13.7. The summed E-state index contributed by atoms with van der Waals surface area (Å²) < 4.78 is 19.9. The summed E-state index contributed by atoms with van der Waals surface area (Å²) >= 11 is 0. The normalized spacial score (nSPS) is 25.0. The fourth-order valence-corrected chi connectivity index (χ4v) is 2.91. The topological polar surface area (TPSA) is 148 Å². The Morgan fingerprint density at radius 1 is 1.19 bits per heavy atom. The number of rotatable bonds is 3. The molecule has 1 aliphatic heterocycles. The highest BCUT2D eigenvalue weighted by atomic mass is 19.1. The zero-order valence-corrected chi connectivity index (χ0v) is 13.7. The highest BCUT2D eigenvalue weighted by molar-refractivity contribution is 5.94. The molecule has 0 spiro atoms. The average Bonchev–Trinajstić information content (AvgIpc) is 3.20. The van der Waals surface area contributed by atoms with Crippen molar-refractivity contribution in [2.45, 2.75) is 24.5 Å². The molecule has 27 heavy (non-hydrogen) atoms. The van der Waals surface area contributed by atoms with E-state index in [2.05, 4.69) is 20.3 Å². The van der Waals surface area contributed by atoms with Crippen molar-refractivity contribution in [3.05, 3.63) is 42.7 Å². The number of ether oxygens (including phenoxy) is 1. The predicted molar refractivity (Wildman–Crippen MR) is 90.7 cm³/mol. The number of halogens is 1. The molecule has 1 saturated heterocycles. The molecule has 140 valence electrons. The van der Waals surface area contributed by atoms with Gasteiger partial charge in [-0.25, -0.2) is 19.3 Å². The van der Waals surface area contributed by atoms with Gasteiger partial charge in [0.25, 0.3) is 5.91 Å². The van der Waals surface area contributed by atoms with Crippen molar-refractivity contribution in [1.82, 2.24) is 19.5 Å². The number of fused-ring (bicyclic) bond motifs is 1. The van der Waals surface area contributed by atoms with Crippen molar-refractivity contribution in [3.63, 3.8) is 0 Å². The average molecular weight is 374 g/mol. The summed E-state index contributed by atoms with van der Waals surface area (Å²) in [6, 6.07) is 5.10. The molecule has 1 aliphatic rings. The molecular weight excluding hydrogens is 359 g/mol. The second-order valence-corrected chi connectivity index (χ2v) is 6.01. The Bertz CT molecular complexity index is 994. The lowest BCUT2D eigenvalue weighted by atomic mass is 10.1. The summed E-state index contributed by atoms with van der Waals surface area (Å²) in [5.41, 5.74) is 6.65. The highest BCUT2D eigenvalue weighted by Gasteiger charge is 2.47. The number of aliphatic hydroxyl groups excluding tert-OH is 2. The molecule has 4 atom stereocenters. The molecule has 3 aromatic rings. The molecule has 0 saturated carbocycles. The van der Waals surface area contributed by atoms with Gasteiger partial charge in [0.15, 0.2) is 23.8 Å². The molecule has 5 N–H and O–H groups in total. The highest BCUT2D eigenvalue weighted by Crippen LogP contribution is 2.32. The first kappa shape index (κ1) is 17.3. The van der Waals surface area contributed by atoms with Crippen LogP contribution in [0, 0.1) is 5.82 Å². The number of carbonyl (C=O) groups is 1. The fourth-order valence-electron chi connectivity index (χ4n) is 2.91. The number of imidazole rings is 1. The minimum Gasteiger partial charge on any atom is -0.387 e. The van der Waals surface area contributed by atoms with E-state index in [1.165, 1.54) is 41.5 Å². The summed E-state index contributed by atoms with van der Waals surface area (Å²) in [5, 5.41) is 23.1. The van der Waals surface area contributed by atoms with Crippen LogP contribution in [-0.2, 0) is 9.53 Å². The van der Waals surface area contributed by atoms with Crippen LogP contribution in [0.4, 0.5) is 15.9 Å². The van der Waals surface area contributed by atoms with Gasteiger partial charge < -0.3 is 26.0 Å². The third-order valence-corrected chi connectivity index (χ3v) is 4.27. The van der Waals surface area contributed by atoms with Gasteiger partial charge in [0.1, 0.15) is 29.9 Å². The molecule has 1 amide bonds. The minimum absolute atomic E-state index is 0.150. The van der Waals surface area contributed by atoms with Gasteiger partial charge in [-0.05, 0) is 24.3 Å². The van der Waals surface area contributed by atoms with E-state index < -0.39 is 36.3 Å². The Kier molecular flexibility index (Phi) is 4.18. The van der Waals surface area contributed by atoms with E-state index in [-0.39, 0.29) is 5.82 Å². The third-order valence-electron chi connectivity index (χ3n) is 4.27. The van der Waals surface area contributed by atoms with Gasteiger partial charge in [0, 0.05) is 5.69 Å². The number of aromatic nitrogens is 4. The Hall–Kier alpha value is -3.15. The van der Waals surface area contributed by atoms with Crippen molar-refractivity contribution < 1.29 is 24.1 Å². The predicted octanol–water partition coefficient (Wildman–Crippen LogP) is -0.195. The van der Waals surface area contributed by atoms with Crippen LogP contribution in [-0.4, -0.2) is 54.0 Å². The summed E-state index contributed by atoms with van der Waals surface area (Å²) in [7, 11) is 0. The van der Waals surface area contributed by atoms with E-state index in [9.17, 15) is 19.4 Å². The molecule has 3 heterocycles. The minimum atomic E-state index is -1.49. The number of anilines is 2. The van der Waals surface area contributed by atoms with Gasteiger partial charge in [-0.1, -0.05) is 0 Å². The molecule has 0 bridgehead atoms. The monoisotopic (exact) mass is 374 g/mol. The van der Waals surface area contributed by atoms with Crippen LogP contribution in [0.25, 0.3) is 11.2 Å². The number of hydrogen-bond donors (Lipinski definition) is 4. The van der Waals surface area contributed by atoms with E-state index in [4.69, 9.17) is 10.5 Å². The largest absolute Gasteiger partial charge is 0.387 e. The fraction of sp³-hybridized carbons (Fsp3) is 0.250. The Labute approximate surface area is 151 Å². The second kappa shape index (κ2) is 6.54. The van der Waals surface area contributed by atoms with Gasteiger partial charge in [-0.3, -0.25) is 9.36 Å². The lowest BCUT2D eigenvalue weighted by molar-refractivity contribution is -0.132. The van der Waals surface area contributed by atoms with Crippen LogP contribution >= 0.6 is 0 Å². The Morgan fingerprint density at radius 3 is 2.67 bits per heavy atom.